The number of anilines is 1. The first-order valence-electron chi connectivity index (χ1n) is 5.87. The third-order valence-corrected chi connectivity index (χ3v) is 4.95. The summed E-state index contributed by atoms with van der Waals surface area (Å²) in [6.45, 7) is 0.688. The molecule has 1 aromatic heterocycles. The molecule has 0 aromatic carbocycles. The van der Waals surface area contributed by atoms with Gasteiger partial charge in [-0.25, -0.2) is 13.4 Å². The van der Waals surface area contributed by atoms with Crippen LogP contribution in [-0.2, 0) is 14.8 Å². The molecule has 1 aliphatic heterocycles. The van der Waals surface area contributed by atoms with Crippen LogP contribution in [0.15, 0.2) is 23.2 Å². The molecule has 104 valence electrons. The number of hydrogen-bond donors (Lipinski definition) is 1. The van der Waals surface area contributed by atoms with Crippen LogP contribution >= 0.6 is 0 Å². The Morgan fingerprint density at radius 1 is 1.37 bits per heavy atom. The second kappa shape index (κ2) is 5.14. The van der Waals surface area contributed by atoms with Crippen molar-refractivity contribution in [3.05, 3.63) is 18.3 Å². The number of carbonyl (C=O) groups excluding carboxylic acids is 1. The van der Waals surface area contributed by atoms with Crippen molar-refractivity contribution in [1.82, 2.24) is 14.2 Å². The van der Waals surface area contributed by atoms with E-state index in [4.69, 9.17) is 5.73 Å². The molecular formula is C11H16N4O3S. The summed E-state index contributed by atoms with van der Waals surface area (Å²) in [7, 11) is -2.11. The van der Waals surface area contributed by atoms with Crippen molar-refractivity contribution >= 4 is 21.7 Å². The number of likely N-dealkylation sites (N-methyl/N-ethyl adjacent to an activating group) is 1. The van der Waals surface area contributed by atoms with Gasteiger partial charge in [0.15, 0.2) is 0 Å². The number of nitrogen functional groups attached to an aromatic ring is 1. The van der Waals surface area contributed by atoms with E-state index < -0.39 is 10.0 Å². The number of pyridine rings is 1. The summed E-state index contributed by atoms with van der Waals surface area (Å²) in [5, 5.41) is 0. The van der Waals surface area contributed by atoms with Crippen LogP contribution in [0.25, 0.3) is 0 Å². The van der Waals surface area contributed by atoms with Crippen LogP contribution in [0.4, 0.5) is 5.82 Å². The molecule has 0 unspecified atom stereocenters. The predicted molar refractivity (Wildman–Crippen MR) is 69.7 cm³/mol. The largest absolute Gasteiger partial charge is 0.383 e. The van der Waals surface area contributed by atoms with Crippen molar-refractivity contribution in [2.24, 2.45) is 0 Å². The first kappa shape index (κ1) is 13.8. The Labute approximate surface area is 112 Å². The molecule has 0 spiro atoms. The van der Waals surface area contributed by atoms with Gasteiger partial charge in [-0.1, -0.05) is 0 Å². The SMILES string of the molecule is CN1CCCN(S(=O)(=O)c2cccnc2N)CC1=O. The molecule has 0 bridgehead atoms. The second-order valence-electron chi connectivity index (χ2n) is 4.39. The molecule has 2 heterocycles. The van der Waals surface area contributed by atoms with Crippen molar-refractivity contribution in [3.63, 3.8) is 0 Å². The van der Waals surface area contributed by atoms with Gasteiger partial charge in [0, 0.05) is 26.3 Å². The smallest absolute Gasteiger partial charge is 0.247 e. The van der Waals surface area contributed by atoms with Gasteiger partial charge in [-0.05, 0) is 18.6 Å². The fraction of sp³-hybridized carbons (Fsp3) is 0.455. The summed E-state index contributed by atoms with van der Waals surface area (Å²) in [5.41, 5.74) is 5.60. The molecule has 2 N–H and O–H groups in total. The molecule has 1 fully saturated rings. The van der Waals surface area contributed by atoms with E-state index >= 15 is 0 Å². The Balaban J connectivity index is 2.35. The van der Waals surface area contributed by atoms with Crippen molar-refractivity contribution in [1.29, 1.82) is 0 Å². The molecule has 0 radical (unpaired) electrons. The summed E-state index contributed by atoms with van der Waals surface area (Å²) in [6, 6.07) is 2.91. The number of amides is 1. The molecule has 0 aliphatic carbocycles. The number of sulfonamides is 1. The number of aromatic nitrogens is 1. The minimum Gasteiger partial charge on any atom is -0.383 e. The number of nitrogens with zero attached hydrogens (tertiary/aromatic N) is 3. The van der Waals surface area contributed by atoms with Gasteiger partial charge in [0.25, 0.3) is 0 Å². The topological polar surface area (TPSA) is 96.6 Å². The second-order valence-corrected chi connectivity index (χ2v) is 6.30. The van der Waals surface area contributed by atoms with Gasteiger partial charge in [-0.15, -0.1) is 0 Å². The lowest BCUT2D eigenvalue weighted by Gasteiger charge is -2.19. The molecular weight excluding hydrogens is 268 g/mol. The minimum atomic E-state index is -3.77. The predicted octanol–water partition coefficient (Wildman–Crippen LogP) is -0.483. The first-order valence-corrected chi connectivity index (χ1v) is 7.31. The molecule has 8 heteroatoms. The van der Waals surface area contributed by atoms with E-state index in [1.807, 2.05) is 0 Å². The maximum absolute atomic E-state index is 12.4. The van der Waals surface area contributed by atoms with Gasteiger partial charge in [0.05, 0.1) is 6.54 Å². The Kier molecular flexibility index (Phi) is 3.72. The van der Waals surface area contributed by atoms with Crippen LogP contribution < -0.4 is 5.73 Å². The van der Waals surface area contributed by atoms with Crippen molar-refractivity contribution in [2.75, 3.05) is 32.4 Å². The highest BCUT2D eigenvalue weighted by Crippen LogP contribution is 2.21. The Morgan fingerprint density at radius 2 is 2.11 bits per heavy atom. The third kappa shape index (κ3) is 2.69. The summed E-state index contributed by atoms with van der Waals surface area (Å²) >= 11 is 0. The molecule has 1 saturated heterocycles. The lowest BCUT2D eigenvalue weighted by atomic mass is 10.4. The van der Waals surface area contributed by atoms with Gasteiger partial charge in [-0.2, -0.15) is 4.31 Å². The molecule has 2 rings (SSSR count). The van der Waals surface area contributed by atoms with Gasteiger partial charge >= 0.3 is 0 Å². The van der Waals surface area contributed by atoms with Gasteiger partial charge in [-0.3, -0.25) is 4.79 Å². The average Bonchev–Trinajstić information content (AvgIpc) is 2.53. The fourth-order valence-corrected chi connectivity index (χ4v) is 3.42. The number of hydrogen-bond acceptors (Lipinski definition) is 5. The third-order valence-electron chi connectivity index (χ3n) is 3.06. The van der Waals surface area contributed by atoms with Crippen LogP contribution in [0.3, 0.4) is 0 Å². The van der Waals surface area contributed by atoms with Crippen LogP contribution in [0.1, 0.15) is 6.42 Å². The van der Waals surface area contributed by atoms with Crippen LogP contribution in [-0.4, -0.2) is 55.2 Å². The average molecular weight is 284 g/mol. The van der Waals surface area contributed by atoms with E-state index in [-0.39, 0.29) is 23.2 Å². The zero-order valence-corrected chi connectivity index (χ0v) is 11.4. The summed E-state index contributed by atoms with van der Waals surface area (Å²) < 4.78 is 26.1. The maximum Gasteiger partial charge on any atom is 0.247 e. The monoisotopic (exact) mass is 284 g/mol. The van der Waals surface area contributed by atoms with Gasteiger partial charge < -0.3 is 10.6 Å². The van der Waals surface area contributed by atoms with Crippen molar-refractivity contribution < 1.29 is 13.2 Å². The summed E-state index contributed by atoms with van der Waals surface area (Å²) in [6.07, 6.45) is 2.03. The van der Waals surface area contributed by atoms with E-state index in [2.05, 4.69) is 4.98 Å². The molecule has 1 aromatic rings. The zero-order chi connectivity index (χ0) is 14.0. The van der Waals surface area contributed by atoms with Gasteiger partial charge in [0.1, 0.15) is 10.7 Å². The molecule has 0 atom stereocenters. The van der Waals surface area contributed by atoms with Crippen LogP contribution in [0, 0.1) is 0 Å². The molecule has 19 heavy (non-hydrogen) atoms. The highest BCUT2D eigenvalue weighted by Gasteiger charge is 2.31. The van der Waals surface area contributed by atoms with Crippen molar-refractivity contribution in [3.8, 4) is 0 Å². The highest BCUT2D eigenvalue weighted by atomic mass is 32.2. The summed E-state index contributed by atoms with van der Waals surface area (Å²) in [5.74, 6) is -0.268. The molecule has 0 saturated carbocycles. The van der Waals surface area contributed by atoms with Crippen LogP contribution in [0.5, 0.6) is 0 Å². The zero-order valence-electron chi connectivity index (χ0n) is 10.6. The minimum absolute atomic E-state index is 0.0486. The molecule has 7 nitrogen and oxygen atoms in total. The number of nitrogens with two attached hydrogens (primary N) is 1. The molecule has 1 amide bonds. The van der Waals surface area contributed by atoms with E-state index in [1.54, 1.807) is 7.05 Å². The normalized spacial score (nSPS) is 18.4. The van der Waals surface area contributed by atoms with E-state index in [1.165, 1.54) is 23.2 Å². The number of rotatable bonds is 2. The lowest BCUT2D eigenvalue weighted by Crippen LogP contribution is -2.38. The standard InChI is InChI=1S/C11H16N4O3S/c1-14-6-3-7-15(8-10(14)16)19(17,18)9-4-2-5-13-11(9)12/h2,4-5H,3,6-8H2,1H3,(H2,12,13). The quantitative estimate of drug-likeness (QED) is 0.791. The van der Waals surface area contributed by atoms with E-state index in [0.717, 1.165) is 4.31 Å². The van der Waals surface area contributed by atoms with E-state index in [9.17, 15) is 13.2 Å². The van der Waals surface area contributed by atoms with Crippen LogP contribution in [0.2, 0.25) is 0 Å². The lowest BCUT2D eigenvalue weighted by molar-refractivity contribution is -0.129. The Hall–Kier alpha value is -1.67. The van der Waals surface area contributed by atoms with Gasteiger partial charge in [0.2, 0.25) is 15.9 Å². The number of carbonyl (C=O) groups is 1. The summed E-state index contributed by atoms with van der Waals surface area (Å²) in [4.78, 5) is 17.0. The molecule has 1 aliphatic rings. The Morgan fingerprint density at radius 3 is 2.79 bits per heavy atom. The fourth-order valence-electron chi connectivity index (χ4n) is 1.92. The van der Waals surface area contributed by atoms with E-state index in [0.29, 0.717) is 19.5 Å². The first-order chi connectivity index (χ1) is 8.93. The van der Waals surface area contributed by atoms with Crippen molar-refractivity contribution in [2.45, 2.75) is 11.3 Å². The highest BCUT2D eigenvalue weighted by molar-refractivity contribution is 7.89. The Bertz CT molecular complexity index is 587. The maximum atomic E-state index is 12.4.